The molecule has 2 aromatic carbocycles. The van der Waals surface area contributed by atoms with Crippen LogP contribution in [0.15, 0.2) is 48.5 Å². The molecule has 2 rings (SSSR count). The van der Waals surface area contributed by atoms with Gasteiger partial charge in [-0.05, 0) is 48.2 Å². The topological polar surface area (TPSA) is 98.8 Å². The summed E-state index contributed by atoms with van der Waals surface area (Å²) in [6.45, 7) is 0.312. The maximum Gasteiger partial charge on any atom is 0.237 e. The molecular formula is C21H20B6Cl2FN3O3. The predicted molar refractivity (Wildman–Crippen MR) is 145 cm³/mol. The number of anilines is 1. The Kier molecular flexibility index (Phi) is 9.79. The quantitative estimate of drug-likeness (QED) is 0.173. The largest absolute Gasteiger partial charge is 0.380 e. The van der Waals surface area contributed by atoms with Crippen molar-refractivity contribution in [3.8, 4) is 0 Å². The van der Waals surface area contributed by atoms with Crippen LogP contribution in [0.4, 0.5) is 10.1 Å². The molecule has 0 spiro atoms. The van der Waals surface area contributed by atoms with Gasteiger partial charge in [0.25, 0.3) is 0 Å². The van der Waals surface area contributed by atoms with E-state index >= 15 is 0 Å². The first-order valence-electron chi connectivity index (χ1n) is 10.6. The van der Waals surface area contributed by atoms with Crippen molar-refractivity contribution < 1.29 is 19.4 Å². The van der Waals surface area contributed by atoms with Crippen molar-refractivity contribution in [1.82, 2.24) is 5.32 Å². The lowest BCUT2D eigenvalue weighted by molar-refractivity contribution is -0.122. The molecule has 5 N–H and O–H groups in total. The average Bonchev–Trinajstić information content (AvgIpc) is 2.74. The Balaban J connectivity index is 2.13. The molecule has 0 saturated carbocycles. The number of nitrogens with zero attached hydrogens (tertiary/aromatic N) is 1. The molecule has 0 fully saturated rings. The number of halogens is 3. The molecule has 176 valence electrons. The van der Waals surface area contributed by atoms with E-state index in [1.54, 1.807) is 12.1 Å². The van der Waals surface area contributed by atoms with Crippen molar-refractivity contribution in [2.45, 2.75) is 39.5 Å². The summed E-state index contributed by atoms with van der Waals surface area (Å²) in [4.78, 5) is 12.8. The number of alkyl halides is 2. The van der Waals surface area contributed by atoms with Crippen LogP contribution in [0.1, 0.15) is 11.1 Å². The van der Waals surface area contributed by atoms with Crippen LogP contribution in [-0.2, 0) is 17.6 Å². The molecule has 0 bridgehead atoms. The van der Waals surface area contributed by atoms with Gasteiger partial charge in [0.05, 0.1) is 48.7 Å². The molecule has 3 unspecified atom stereocenters. The van der Waals surface area contributed by atoms with E-state index in [-0.39, 0.29) is 17.9 Å². The van der Waals surface area contributed by atoms with E-state index in [1.807, 2.05) is 0 Å². The van der Waals surface area contributed by atoms with Gasteiger partial charge in [-0.25, -0.2) is 4.39 Å². The van der Waals surface area contributed by atoms with Gasteiger partial charge in [0.15, 0.2) is 0 Å². The molecule has 2 aromatic rings. The summed E-state index contributed by atoms with van der Waals surface area (Å²) < 4.78 is 7.86. The highest BCUT2D eigenvalue weighted by Gasteiger charge is 2.52. The van der Waals surface area contributed by atoms with Crippen LogP contribution in [-0.4, -0.2) is 96.4 Å². The number of nitrogens with one attached hydrogen (secondary N) is 1. The third kappa shape index (κ3) is 7.29. The van der Waals surface area contributed by atoms with Crippen LogP contribution in [0, 0.1) is 5.82 Å². The minimum Gasteiger partial charge on any atom is -0.380 e. The summed E-state index contributed by atoms with van der Waals surface area (Å²) in [6.07, 6.45) is 0.630. The van der Waals surface area contributed by atoms with Crippen LogP contribution in [0.3, 0.4) is 0 Å². The summed E-state index contributed by atoms with van der Waals surface area (Å²) in [5, 5.41) is 24.2. The fourth-order valence-corrected chi connectivity index (χ4v) is 3.41. The molecule has 0 aliphatic carbocycles. The smallest absolute Gasteiger partial charge is 0.237 e. The Morgan fingerprint density at radius 2 is 1.36 bits per heavy atom. The number of benzene rings is 2. The van der Waals surface area contributed by atoms with Gasteiger partial charge in [0.1, 0.15) is 21.5 Å². The summed E-state index contributed by atoms with van der Waals surface area (Å²) in [7, 11) is 33.9. The monoisotopic (exact) mass is 517 g/mol. The molecule has 12 radical (unpaired) electrons. The first kappa shape index (κ1) is 30.7. The highest BCUT2D eigenvalue weighted by molar-refractivity contribution is 6.67. The molecule has 0 aromatic heterocycles. The third-order valence-electron chi connectivity index (χ3n) is 5.42. The normalized spacial score (nSPS) is 16.4. The fraction of sp³-hybridized carbons (Fsp3) is 0.381. The van der Waals surface area contributed by atoms with E-state index < -0.39 is 32.5 Å². The minimum atomic E-state index is -2.92. The maximum absolute atomic E-state index is 13.0. The molecule has 0 aliphatic rings. The zero-order valence-corrected chi connectivity index (χ0v) is 20.8. The van der Waals surface area contributed by atoms with Gasteiger partial charge in [0, 0.05) is 21.6 Å². The fourth-order valence-electron chi connectivity index (χ4n) is 3.24. The van der Waals surface area contributed by atoms with Gasteiger partial charge in [-0.15, -0.1) is 23.2 Å². The van der Waals surface area contributed by atoms with Gasteiger partial charge in [-0.1, -0.05) is 24.3 Å². The molecule has 0 saturated heterocycles. The third-order valence-corrected chi connectivity index (χ3v) is 5.98. The number of carbonyl (C=O) groups is 1. The highest BCUT2D eigenvalue weighted by Crippen LogP contribution is 2.38. The summed E-state index contributed by atoms with van der Waals surface area (Å²) in [6, 6.07) is 10.7. The number of rotatable bonds is 11. The minimum absolute atomic E-state index is 0.0760. The SMILES string of the molecule is [B]C([B])(Cl)C([B])(O)N(c1ccc(CC(N)C(=O)NCCc2ccc(F)cc2)cc1)C([B])(O)C([B])([B])Cl. The van der Waals surface area contributed by atoms with Crippen molar-refractivity contribution in [2.24, 2.45) is 5.73 Å². The van der Waals surface area contributed by atoms with Gasteiger partial charge in [-0.2, -0.15) is 0 Å². The Bertz CT molecular complexity index is 1010. The number of amides is 1. The summed E-state index contributed by atoms with van der Waals surface area (Å²) >= 11 is 11.6. The average molecular weight is 517 g/mol. The lowest BCUT2D eigenvalue weighted by atomic mass is 9.51. The Hall–Kier alpha value is -1.51. The van der Waals surface area contributed by atoms with E-state index in [9.17, 15) is 19.4 Å². The van der Waals surface area contributed by atoms with Crippen LogP contribution in [0.5, 0.6) is 0 Å². The Morgan fingerprint density at radius 3 is 1.81 bits per heavy atom. The van der Waals surface area contributed by atoms with Crippen molar-refractivity contribution in [3.63, 3.8) is 0 Å². The zero-order chi connectivity index (χ0) is 27.5. The lowest BCUT2D eigenvalue weighted by Gasteiger charge is -2.58. The molecule has 15 heteroatoms. The first-order chi connectivity index (χ1) is 16.4. The summed E-state index contributed by atoms with van der Waals surface area (Å²) in [5.74, 6) is -0.737. The molecule has 6 nitrogen and oxygen atoms in total. The van der Waals surface area contributed by atoms with E-state index in [0.29, 0.717) is 23.4 Å². The Labute approximate surface area is 228 Å². The highest BCUT2D eigenvalue weighted by atomic mass is 35.5. The van der Waals surface area contributed by atoms with Crippen molar-refractivity contribution >= 4 is 81.9 Å². The predicted octanol–water partition coefficient (Wildman–Crippen LogP) is -1.05. The van der Waals surface area contributed by atoms with E-state index in [2.05, 4.69) is 5.32 Å². The first-order valence-corrected chi connectivity index (χ1v) is 11.4. The van der Waals surface area contributed by atoms with Gasteiger partial charge >= 0.3 is 0 Å². The van der Waals surface area contributed by atoms with Crippen LogP contribution in [0.2, 0.25) is 0 Å². The van der Waals surface area contributed by atoms with E-state index in [1.165, 1.54) is 36.4 Å². The molecule has 1 amide bonds. The second-order valence-electron chi connectivity index (χ2n) is 8.47. The van der Waals surface area contributed by atoms with Crippen molar-refractivity contribution in [1.29, 1.82) is 0 Å². The summed E-state index contributed by atoms with van der Waals surface area (Å²) in [5.41, 5.74) is 1.55. The second kappa shape index (κ2) is 11.5. The van der Waals surface area contributed by atoms with E-state index in [0.717, 1.165) is 5.56 Å². The molecular weight excluding hydrogens is 497 g/mol. The maximum atomic E-state index is 13.0. The number of hydrogen-bond acceptors (Lipinski definition) is 5. The number of nitrogens with two attached hydrogens (primary N) is 1. The number of aliphatic hydroxyl groups is 2. The number of carbonyl (C=O) groups excluding carboxylic acids is 1. The zero-order valence-electron chi connectivity index (χ0n) is 19.2. The van der Waals surface area contributed by atoms with Crippen molar-refractivity contribution in [3.05, 3.63) is 65.5 Å². The van der Waals surface area contributed by atoms with Gasteiger partial charge in [0.2, 0.25) is 5.91 Å². The second-order valence-corrected chi connectivity index (χ2v) is 9.72. The standard InChI is InChI=1S/C21H20B6Cl2FN3O3/c22-18(23,28)20(26,35)33(21(27,36)19(24,25)29)15-7-3-13(4-8-15)11-16(31)17(34)32-10-9-12-1-5-14(30)6-2-12/h1-8,16,35-36H,9-11,31H2,(H,32,34). The van der Waals surface area contributed by atoms with Gasteiger partial charge in [-0.3, -0.25) is 4.79 Å². The lowest BCUT2D eigenvalue weighted by Crippen LogP contribution is -2.76. The molecule has 36 heavy (non-hydrogen) atoms. The van der Waals surface area contributed by atoms with E-state index in [4.69, 9.17) is 76.0 Å². The van der Waals surface area contributed by atoms with Crippen molar-refractivity contribution in [2.75, 3.05) is 11.4 Å². The van der Waals surface area contributed by atoms with Gasteiger partial charge < -0.3 is 26.2 Å². The Morgan fingerprint density at radius 1 is 0.917 bits per heavy atom. The molecule has 0 heterocycles. The molecule has 3 atom stereocenters. The number of hydrogen-bond donors (Lipinski definition) is 4. The van der Waals surface area contributed by atoms with Crippen LogP contribution < -0.4 is 16.0 Å². The van der Waals surface area contributed by atoms with Crippen LogP contribution in [0.25, 0.3) is 0 Å². The molecule has 0 aliphatic heterocycles. The van der Waals surface area contributed by atoms with Crippen LogP contribution >= 0.6 is 23.2 Å².